The Morgan fingerprint density at radius 1 is 0.829 bits per heavy atom. The molecule has 7 nitrogen and oxygen atoms in total. The van der Waals surface area contributed by atoms with Crippen LogP contribution in [0.1, 0.15) is 5.56 Å². The fraction of sp³-hybridized carbons (Fsp3) is 0.0303. The van der Waals surface area contributed by atoms with Crippen LogP contribution in [0.15, 0.2) is 110 Å². The highest BCUT2D eigenvalue weighted by Gasteiger charge is 2.15. The van der Waals surface area contributed by atoms with Gasteiger partial charge in [0.1, 0.15) is 17.2 Å². The highest BCUT2D eigenvalue weighted by Crippen LogP contribution is 2.35. The van der Waals surface area contributed by atoms with Gasteiger partial charge in [0.2, 0.25) is 5.91 Å². The minimum Gasteiger partial charge on any atom is -0.338 e. The molecule has 0 unspecified atom stereocenters. The molecule has 0 aliphatic rings. The highest BCUT2D eigenvalue weighted by atomic mass is 19.1. The summed E-state index contributed by atoms with van der Waals surface area (Å²) in [4.78, 5) is 24.9. The van der Waals surface area contributed by atoms with Crippen molar-refractivity contribution in [2.75, 3.05) is 5.32 Å². The van der Waals surface area contributed by atoms with Crippen LogP contribution in [0.25, 0.3) is 55.6 Å². The number of hydrogen-bond acceptors (Lipinski definition) is 4. The van der Waals surface area contributed by atoms with Crippen LogP contribution >= 0.6 is 0 Å². The van der Waals surface area contributed by atoms with E-state index in [1.807, 2.05) is 60.7 Å². The summed E-state index contributed by atoms with van der Waals surface area (Å²) < 4.78 is 13.5. The number of nitrogens with zero attached hydrogens (tertiary/aromatic N) is 3. The van der Waals surface area contributed by atoms with Crippen LogP contribution in [-0.2, 0) is 11.2 Å². The van der Waals surface area contributed by atoms with E-state index in [0.717, 1.165) is 61.1 Å². The number of halogens is 1. The van der Waals surface area contributed by atoms with Gasteiger partial charge in [-0.2, -0.15) is 5.10 Å². The summed E-state index contributed by atoms with van der Waals surface area (Å²) in [5.74, 6) is -0.377. The van der Waals surface area contributed by atoms with Gasteiger partial charge in [0.25, 0.3) is 0 Å². The first kappa shape index (κ1) is 24.4. The Hall–Kier alpha value is -5.63. The van der Waals surface area contributed by atoms with Crippen molar-refractivity contribution in [2.45, 2.75) is 6.42 Å². The van der Waals surface area contributed by atoms with Gasteiger partial charge in [0, 0.05) is 28.7 Å². The molecule has 0 saturated carbocycles. The summed E-state index contributed by atoms with van der Waals surface area (Å²) in [6, 6.07) is 28.0. The van der Waals surface area contributed by atoms with Gasteiger partial charge in [0.15, 0.2) is 0 Å². The molecule has 3 N–H and O–H groups in total. The number of aromatic amines is 2. The monoisotopic (exact) mass is 538 g/mol. The van der Waals surface area contributed by atoms with Gasteiger partial charge < -0.3 is 10.3 Å². The number of carbonyl (C=O) groups is 1. The predicted octanol–water partition coefficient (Wildman–Crippen LogP) is 7.16. The van der Waals surface area contributed by atoms with Crippen LogP contribution in [0.5, 0.6) is 0 Å². The van der Waals surface area contributed by atoms with Crippen LogP contribution < -0.4 is 5.32 Å². The predicted molar refractivity (Wildman–Crippen MR) is 159 cm³/mol. The van der Waals surface area contributed by atoms with Crippen LogP contribution in [0.3, 0.4) is 0 Å². The van der Waals surface area contributed by atoms with Crippen molar-refractivity contribution in [3.63, 3.8) is 0 Å². The summed E-state index contributed by atoms with van der Waals surface area (Å²) in [6.45, 7) is 0. The van der Waals surface area contributed by atoms with Crippen LogP contribution in [-0.4, -0.2) is 31.1 Å². The van der Waals surface area contributed by atoms with Gasteiger partial charge >= 0.3 is 0 Å². The van der Waals surface area contributed by atoms with E-state index in [9.17, 15) is 9.18 Å². The topological polar surface area (TPSA) is 99.3 Å². The maximum atomic E-state index is 13.5. The SMILES string of the molecule is O=C(Cc1ccccc1)Nc1cncc(-c2ccc3[nH]nc(-c4cc5c(-c6ccc(F)cc6)ccnc5[nH]4)c3c2)c1. The number of hydrogen-bond donors (Lipinski definition) is 3. The average molecular weight is 539 g/mol. The molecule has 4 aromatic heterocycles. The molecule has 0 radical (unpaired) electrons. The van der Waals surface area contributed by atoms with E-state index < -0.39 is 0 Å². The molecule has 7 aromatic rings. The quantitative estimate of drug-likeness (QED) is 0.209. The maximum absolute atomic E-state index is 13.5. The lowest BCUT2D eigenvalue weighted by atomic mass is 10.0. The first-order chi connectivity index (χ1) is 20.1. The molecule has 4 heterocycles. The number of carbonyl (C=O) groups excluding carboxylic acids is 1. The Balaban J connectivity index is 1.21. The van der Waals surface area contributed by atoms with Crippen LogP contribution in [0.4, 0.5) is 10.1 Å². The molecule has 0 saturated heterocycles. The normalized spacial score (nSPS) is 11.2. The van der Waals surface area contributed by atoms with Gasteiger partial charge in [-0.25, -0.2) is 9.37 Å². The van der Waals surface area contributed by atoms with Crippen molar-refractivity contribution >= 4 is 33.5 Å². The number of pyridine rings is 2. The number of benzene rings is 3. The third-order valence-electron chi connectivity index (χ3n) is 7.07. The Morgan fingerprint density at radius 3 is 2.51 bits per heavy atom. The molecule has 0 aliphatic heterocycles. The van der Waals surface area contributed by atoms with E-state index in [2.05, 4.69) is 36.5 Å². The molecule has 7 rings (SSSR count). The van der Waals surface area contributed by atoms with E-state index in [-0.39, 0.29) is 18.1 Å². The zero-order valence-electron chi connectivity index (χ0n) is 21.7. The molecule has 0 atom stereocenters. The molecule has 0 bridgehead atoms. The fourth-order valence-electron chi connectivity index (χ4n) is 5.09. The van der Waals surface area contributed by atoms with E-state index in [1.165, 1.54) is 12.1 Å². The molecule has 1 amide bonds. The second-order valence-corrected chi connectivity index (χ2v) is 9.82. The molecule has 3 aromatic carbocycles. The second kappa shape index (κ2) is 10.2. The number of fused-ring (bicyclic) bond motifs is 2. The van der Waals surface area contributed by atoms with Crippen molar-refractivity contribution in [1.82, 2.24) is 25.1 Å². The molecular weight excluding hydrogens is 515 g/mol. The van der Waals surface area contributed by atoms with Crippen molar-refractivity contribution in [2.24, 2.45) is 0 Å². The number of anilines is 1. The van der Waals surface area contributed by atoms with Gasteiger partial charge in [-0.05, 0) is 64.7 Å². The van der Waals surface area contributed by atoms with Crippen molar-refractivity contribution in [3.8, 4) is 33.6 Å². The van der Waals surface area contributed by atoms with E-state index in [1.54, 1.807) is 30.7 Å². The number of nitrogens with one attached hydrogen (secondary N) is 3. The van der Waals surface area contributed by atoms with E-state index in [4.69, 9.17) is 0 Å². The van der Waals surface area contributed by atoms with E-state index >= 15 is 0 Å². The van der Waals surface area contributed by atoms with Crippen molar-refractivity contribution < 1.29 is 9.18 Å². The zero-order chi connectivity index (χ0) is 27.8. The lowest BCUT2D eigenvalue weighted by Crippen LogP contribution is -2.14. The molecule has 198 valence electrons. The summed E-state index contributed by atoms with van der Waals surface area (Å²) in [7, 11) is 0. The van der Waals surface area contributed by atoms with Gasteiger partial charge in [0.05, 0.1) is 29.5 Å². The number of aromatic nitrogens is 5. The van der Waals surface area contributed by atoms with Crippen LogP contribution in [0.2, 0.25) is 0 Å². The molecule has 0 fully saturated rings. The van der Waals surface area contributed by atoms with Crippen molar-refractivity contribution in [3.05, 3.63) is 121 Å². The average Bonchev–Trinajstić information content (AvgIpc) is 3.62. The fourth-order valence-corrected chi connectivity index (χ4v) is 5.09. The largest absolute Gasteiger partial charge is 0.338 e. The first-order valence-electron chi connectivity index (χ1n) is 13.1. The number of amides is 1. The Kier molecular flexibility index (Phi) is 6.05. The zero-order valence-corrected chi connectivity index (χ0v) is 21.7. The highest BCUT2D eigenvalue weighted by molar-refractivity contribution is 6.01. The first-order valence-corrected chi connectivity index (χ1v) is 13.1. The number of rotatable bonds is 6. The molecule has 0 aliphatic carbocycles. The Labute approximate surface area is 234 Å². The minimum atomic E-state index is -0.275. The van der Waals surface area contributed by atoms with Gasteiger partial charge in [-0.1, -0.05) is 48.5 Å². The lowest BCUT2D eigenvalue weighted by molar-refractivity contribution is -0.115. The van der Waals surface area contributed by atoms with E-state index in [0.29, 0.717) is 5.69 Å². The van der Waals surface area contributed by atoms with Crippen LogP contribution in [0, 0.1) is 5.82 Å². The molecule has 41 heavy (non-hydrogen) atoms. The third-order valence-corrected chi connectivity index (χ3v) is 7.07. The second-order valence-electron chi connectivity index (χ2n) is 9.82. The Bertz CT molecular complexity index is 2030. The Morgan fingerprint density at radius 2 is 1.66 bits per heavy atom. The summed E-state index contributed by atoms with van der Waals surface area (Å²) >= 11 is 0. The summed E-state index contributed by atoms with van der Waals surface area (Å²) in [5, 5.41) is 12.5. The summed E-state index contributed by atoms with van der Waals surface area (Å²) in [5.41, 5.74) is 8.41. The third kappa shape index (κ3) is 4.83. The lowest BCUT2D eigenvalue weighted by Gasteiger charge is -2.08. The van der Waals surface area contributed by atoms with Crippen molar-refractivity contribution in [1.29, 1.82) is 0 Å². The molecule has 8 heteroatoms. The molecule has 0 spiro atoms. The van der Waals surface area contributed by atoms with Gasteiger partial charge in [-0.3, -0.25) is 14.9 Å². The summed E-state index contributed by atoms with van der Waals surface area (Å²) in [6.07, 6.45) is 5.44. The standard InChI is InChI=1S/C33H23FN6O/c34-24-9-6-21(7-10-24)26-12-13-36-33-27(26)17-30(38-33)32-28-16-22(8-11-29(28)39-40-32)23-15-25(19-35-18-23)37-31(41)14-20-4-2-1-3-5-20/h1-13,15-19H,14H2,(H,36,38)(H,37,41)(H,39,40). The number of H-pyrrole nitrogens is 2. The maximum Gasteiger partial charge on any atom is 0.228 e. The van der Waals surface area contributed by atoms with Gasteiger partial charge in [-0.15, -0.1) is 0 Å². The molecular formula is C33H23FN6O. The smallest absolute Gasteiger partial charge is 0.228 e. The minimum absolute atomic E-state index is 0.102.